The Hall–Kier alpha value is -4.04. The molecule has 0 atom stereocenters. The Labute approximate surface area is 186 Å². The summed E-state index contributed by atoms with van der Waals surface area (Å²) in [6.45, 7) is 0.312. The molecule has 5 aromatic carbocycles. The normalized spacial score (nSPS) is 12.9. The lowest BCUT2D eigenvalue weighted by Crippen LogP contribution is -2.53. The molecule has 0 bridgehead atoms. The maximum absolute atomic E-state index is 2.51. The van der Waals surface area contributed by atoms with Crippen LogP contribution in [0.25, 0.3) is 49.7 Å². The molecule has 6 aromatic rings. The molecule has 1 aromatic heterocycles. The van der Waals surface area contributed by atoms with Gasteiger partial charge in [-0.1, -0.05) is 96.5 Å². The van der Waals surface area contributed by atoms with E-state index in [1.165, 1.54) is 66.1 Å². The highest BCUT2D eigenvalue weighted by atomic mass is 15.0. The van der Waals surface area contributed by atoms with Crippen LogP contribution in [0.4, 0.5) is 0 Å². The van der Waals surface area contributed by atoms with Gasteiger partial charge in [0.1, 0.15) is 0 Å². The van der Waals surface area contributed by atoms with Crippen LogP contribution in [-0.2, 0) is 0 Å². The second-order valence-corrected chi connectivity index (χ2v) is 8.94. The Morgan fingerprint density at radius 2 is 1.31 bits per heavy atom. The Bertz CT molecular complexity index is 1730. The Morgan fingerprint density at radius 3 is 2.22 bits per heavy atom. The highest BCUT2D eigenvalue weighted by Crippen LogP contribution is 2.39. The summed E-state index contributed by atoms with van der Waals surface area (Å²) in [6.07, 6.45) is 0. The Balaban J connectivity index is 1.56. The van der Waals surface area contributed by atoms with Crippen molar-refractivity contribution in [3.8, 4) is 27.9 Å². The van der Waals surface area contributed by atoms with Crippen LogP contribution in [-0.4, -0.2) is 11.3 Å². The molecule has 0 amide bonds. The monoisotopic (exact) mass is 403 g/mol. The van der Waals surface area contributed by atoms with Crippen LogP contribution in [0.1, 0.15) is 0 Å². The van der Waals surface area contributed by atoms with Gasteiger partial charge in [-0.2, -0.15) is 0 Å². The van der Waals surface area contributed by atoms with Gasteiger partial charge in [-0.3, -0.25) is 0 Å². The molecule has 0 saturated carbocycles. The molecule has 2 heteroatoms. The summed E-state index contributed by atoms with van der Waals surface area (Å²) in [7, 11) is 0. The summed E-state index contributed by atoms with van der Waals surface area (Å²) >= 11 is 0. The highest BCUT2D eigenvalue weighted by Gasteiger charge is 2.40. The van der Waals surface area contributed by atoms with E-state index in [-0.39, 0.29) is 0 Å². The van der Waals surface area contributed by atoms with Crippen molar-refractivity contribution in [3.63, 3.8) is 0 Å². The van der Waals surface area contributed by atoms with Crippen LogP contribution in [0.2, 0.25) is 0 Å². The molecule has 8 rings (SSSR count). The lowest BCUT2D eigenvalue weighted by atomic mass is 9.37. The number of fused-ring (bicyclic) bond motifs is 9. The Kier molecular flexibility index (Phi) is 3.02. The van der Waals surface area contributed by atoms with E-state index in [1.807, 2.05) is 0 Å². The van der Waals surface area contributed by atoms with Crippen LogP contribution in [0.15, 0.2) is 109 Å². The van der Waals surface area contributed by atoms with Gasteiger partial charge in [0, 0.05) is 22.0 Å². The van der Waals surface area contributed by atoms with Gasteiger partial charge in [-0.25, -0.2) is 0 Å². The summed E-state index contributed by atoms with van der Waals surface area (Å²) < 4.78 is 2.51. The zero-order chi connectivity index (χ0) is 20.8. The zero-order valence-electron chi connectivity index (χ0n) is 17.4. The van der Waals surface area contributed by atoms with Crippen LogP contribution in [0.5, 0.6) is 0 Å². The molecule has 0 unspecified atom stereocenters. The summed E-state index contributed by atoms with van der Waals surface area (Å²) in [5.41, 5.74) is 13.6. The maximum atomic E-state index is 2.51. The quantitative estimate of drug-likeness (QED) is 0.330. The van der Waals surface area contributed by atoms with Gasteiger partial charge in [0.15, 0.2) is 0 Å². The number of hydrogen-bond donors (Lipinski definition) is 0. The van der Waals surface area contributed by atoms with E-state index in [9.17, 15) is 0 Å². The average molecular weight is 403 g/mol. The van der Waals surface area contributed by atoms with Gasteiger partial charge < -0.3 is 4.57 Å². The first-order chi connectivity index (χ1) is 15.9. The van der Waals surface area contributed by atoms with Crippen molar-refractivity contribution in [3.05, 3.63) is 109 Å². The standard InChI is InChI=1S/C30H18BN/c1-2-8-19(9-3-1)20-14-17-27-24(18-20)23-16-15-22-21-10-4-5-11-25(21)31-26-12-6-7-13-28(26)32(27)30(23)29(22)31/h1-18H. The minimum Gasteiger partial charge on any atom is -0.310 e. The van der Waals surface area contributed by atoms with Crippen molar-refractivity contribution in [2.45, 2.75) is 0 Å². The van der Waals surface area contributed by atoms with Crippen molar-refractivity contribution in [2.75, 3.05) is 0 Å². The summed E-state index contributed by atoms with van der Waals surface area (Å²) in [5.74, 6) is 0. The van der Waals surface area contributed by atoms with E-state index in [0.29, 0.717) is 6.71 Å². The first-order valence-electron chi connectivity index (χ1n) is 11.3. The lowest BCUT2D eigenvalue weighted by molar-refractivity contribution is 1.19. The van der Waals surface area contributed by atoms with E-state index in [1.54, 1.807) is 0 Å². The molecule has 0 saturated heterocycles. The number of rotatable bonds is 1. The number of para-hydroxylation sites is 1. The van der Waals surface area contributed by atoms with Crippen molar-refractivity contribution < 1.29 is 0 Å². The second kappa shape index (κ2) is 5.80. The fraction of sp³-hybridized carbons (Fsp3) is 0. The molecule has 0 spiro atoms. The van der Waals surface area contributed by atoms with E-state index in [2.05, 4.69) is 114 Å². The van der Waals surface area contributed by atoms with Gasteiger partial charge in [0.25, 0.3) is 0 Å². The van der Waals surface area contributed by atoms with Crippen molar-refractivity contribution in [1.82, 2.24) is 4.57 Å². The fourth-order valence-corrected chi connectivity index (χ4v) is 6.13. The molecule has 1 nitrogen and oxygen atoms in total. The molecular formula is C30H18BN. The number of nitrogens with zero attached hydrogens (tertiary/aromatic N) is 1. The van der Waals surface area contributed by atoms with Crippen molar-refractivity contribution in [2.24, 2.45) is 0 Å². The lowest BCUT2D eigenvalue weighted by Gasteiger charge is -2.24. The minimum absolute atomic E-state index is 0.312. The fourth-order valence-electron chi connectivity index (χ4n) is 6.13. The molecule has 2 aliphatic rings. The molecule has 146 valence electrons. The van der Waals surface area contributed by atoms with Gasteiger partial charge in [0.2, 0.25) is 6.71 Å². The molecule has 3 heterocycles. The number of aromatic nitrogens is 1. The number of benzene rings is 5. The van der Waals surface area contributed by atoms with E-state index < -0.39 is 0 Å². The molecule has 0 radical (unpaired) electrons. The van der Waals surface area contributed by atoms with Gasteiger partial charge in [0.05, 0.1) is 5.52 Å². The Morgan fingerprint density at radius 1 is 0.531 bits per heavy atom. The van der Waals surface area contributed by atoms with E-state index in [0.717, 1.165) is 0 Å². The van der Waals surface area contributed by atoms with Gasteiger partial charge in [-0.05, 0) is 51.4 Å². The molecule has 0 fully saturated rings. The summed E-state index contributed by atoms with van der Waals surface area (Å²) in [5, 5.41) is 2.68. The zero-order valence-corrected chi connectivity index (χ0v) is 17.4. The molecule has 32 heavy (non-hydrogen) atoms. The van der Waals surface area contributed by atoms with Crippen molar-refractivity contribution >= 4 is 44.9 Å². The third-order valence-corrected chi connectivity index (χ3v) is 7.41. The van der Waals surface area contributed by atoms with Crippen LogP contribution < -0.4 is 16.4 Å². The highest BCUT2D eigenvalue weighted by molar-refractivity contribution is 7.01. The van der Waals surface area contributed by atoms with Gasteiger partial charge in [-0.15, -0.1) is 0 Å². The third-order valence-electron chi connectivity index (χ3n) is 7.41. The predicted octanol–water partition coefficient (Wildman–Crippen LogP) is 5.26. The average Bonchev–Trinajstić information content (AvgIpc) is 3.38. The molecule has 0 aliphatic carbocycles. The minimum atomic E-state index is 0.312. The first-order valence-corrected chi connectivity index (χ1v) is 11.3. The van der Waals surface area contributed by atoms with Crippen molar-refractivity contribution in [1.29, 1.82) is 0 Å². The van der Waals surface area contributed by atoms with Crippen LogP contribution in [0.3, 0.4) is 0 Å². The maximum Gasteiger partial charge on any atom is 0.248 e. The second-order valence-electron chi connectivity index (χ2n) is 8.94. The third kappa shape index (κ3) is 1.91. The first kappa shape index (κ1) is 16.6. The predicted molar refractivity (Wildman–Crippen MR) is 136 cm³/mol. The summed E-state index contributed by atoms with van der Waals surface area (Å²) in [6, 6.07) is 40.2. The van der Waals surface area contributed by atoms with Crippen LogP contribution >= 0.6 is 0 Å². The smallest absolute Gasteiger partial charge is 0.248 e. The summed E-state index contributed by atoms with van der Waals surface area (Å²) in [4.78, 5) is 0. The van der Waals surface area contributed by atoms with E-state index in [4.69, 9.17) is 0 Å². The topological polar surface area (TPSA) is 4.93 Å². The molecule has 2 aliphatic heterocycles. The van der Waals surface area contributed by atoms with Gasteiger partial charge >= 0.3 is 0 Å². The molecule has 0 N–H and O–H groups in total. The van der Waals surface area contributed by atoms with Crippen LogP contribution in [0, 0.1) is 0 Å². The van der Waals surface area contributed by atoms with E-state index >= 15 is 0 Å². The SMILES string of the molecule is c1ccc(-c2ccc3c(c2)c2ccc4c5c2n3-c2ccccc2B5c2ccccc2-4)cc1. The number of hydrogen-bond acceptors (Lipinski definition) is 0. The molecular weight excluding hydrogens is 385 g/mol. The largest absolute Gasteiger partial charge is 0.310 e.